The topological polar surface area (TPSA) is 20.2 Å². The van der Waals surface area contributed by atoms with Crippen LogP contribution in [-0.4, -0.2) is 23.1 Å². The van der Waals surface area contributed by atoms with Gasteiger partial charge < -0.3 is 5.11 Å². The van der Waals surface area contributed by atoms with Crippen LogP contribution in [0.15, 0.2) is 59.3 Å². The van der Waals surface area contributed by atoms with Gasteiger partial charge in [0.15, 0.2) is 0 Å². The molecular formula is C28H40F2O. The van der Waals surface area contributed by atoms with Crippen molar-refractivity contribution in [1.29, 1.82) is 0 Å². The van der Waals surface area contributed by atoms with Crippen LogP contribution in [0.25, 0.3) is 0 Å². The highest BCUT2D eigenvalue weighted by Gasteiger charge is 2.44. The van der Waals surface area contributed by atoms with E-state index in [1.165, 1.54) is 17.6 Å². The summed E-state index contributed by atoms with van der Waals surface area (Å²) >= 11 is 0. The molecule has 4 unspecified atom stereocenters. The van der Waals surface area contributed by atoms with Crippen LogP contribution in [0.5, 0.6) is 0 Å². The molecule has 3 aliphatic rings. The van der Waals surface area contributed by atoms with Crippen molar-refractivity contribution in [2.45, 2.75) is 103 Å². The van der Waals surface area contributed by atoms with E-state index < -0.39 is 17.9 Å². The molecule has 4 atom stereocenters. The Morgan fingerprint density at radius 3 is 2.71 bits per heavy atom. The van der Waals surface area contributed by atoms with Crippen LogP contribution in [0.1, 0.15) is 85.0 Å². The van der Waals surface area contributed by atoms with Crippen molar-refractivity contribution in [2.75, 3.05) is 0 Å². The summed E-state index contributed by atoms with van der Waals surface area (Å²) in [5.41, 5.74) is 3.65. The second-order valence-electron chi connectivity index (χ2n) is 10.0. The van der Waals surface area contributed by atoms with Crippen LogP contribution in [0.4, 0.5) is 8.78 Å². The minimum Gasteiger partial charge on any atom is -0.386 e. The predicted octanol–water partition coefficient (Wildman–Crippen LogP) is 7.89. The Morgan fingerprint density at radius 2 is 2.00 bits per heavy atom. The average Bonchev–Trinajstić information content (AvgIpc) is 3.09. The van der Waals surface area contributed by atoms with E-state index in [2.05, 4.69) is 31.7 Å². The summed E-state index contributed by atoms with van der Waals surface area (Å²) in [5.74, 6) is 0.486. The number of alkyl halides is 2. The van der Waals surface area contributed by atoms with Gasteiger partial charge in [0.1, 0.15) is 12.3 Å². The number of aliphatic hydroxyl groups is 1. The van der Waals surface area contributed by atoms with Gasteiger partial charge in [-0.15, -0.1) is 0 Å². The summed E-state index contributed by atoms with van der Waals surface area (Å²) in [5, 5.41) is 10.4. The highest BCUT2D eigenvalue weighted by molar-refractivity contribution is 5.40. The number of halogens is 2. The monoisotopic (exact) mass is 430 g/mol. The summed E-state index contributed by atoms with van der Waals surface area (Å²) < 4.78 is 27.9. The van der Waals surface area contributed by atoms with E-state index in [9.17, 15) is 13.9 Å². The normalized spacial score (nSPS) is 34.6. The molecule has 0 heterocycles. The van der Waals surface area contributed by atoms with Gasteiger partial charge in [-0.25, -0.2) is 8.78 Å². The lowest BCUT2D eigenvalue weighted by Gasteiger charge is -2.41. The summed E-state index contributed by atoms with van der Waals surface area (Å²) in [6.45, 7) is 10.3. The molecule has 1 N–H and O–H groups in total. The maximum atomic E-state index is 14.0. The highest BCUT2D eigenvalue weighted by Crippen LogP contribution is 2.55. The smallest absolute Gasteiger partial charge is 0.128 e. The molecule has 3 aliphatic carbocycles. The molecule has 0 saturated heterocycles. The van der Waals surface area contributed by atoms with Gasteiger partial charge in [-0.1, -0.05) is 68.9 Å². The molecule has 172 valence electrons. The number of hydrogen-bond acceptors (Lipinski definition) is 1. The van der Waals surface area contributed by atoms with E-state index in [0.717, 1.165) is 50.5 Å². The van der Waals surface area contributed by atoms with Crippen LogP contribution < -0.4 is 0 Å². The van der Waals surface area contributed by atoms with Crippen molar-refractivity contribution < 1.29 is 13.9 Å². The fraction of sp³-hybridized carbons (Fsp3) is 0.643. The number of allylic oxidation sites excluding steroid dienone is 8. The van der Waals surface area contributed by atoms with Crippen LogP contribution in [0, 0.1) is 11.3 Å². The van der Waals surface area contributed by atoms with E-state index in [0.29, 0.717) is 11.5 Å². The molecule has 0 radical (unpaired) electrons. The van der Waals surface area contributed by atoms with Crippen molar-refractivity contribution in [2.24, 2.45) is 11.3 Å². The van der Waals surface area contributed by atoms with E-state index in [1.54, 1.807) is 0 Å². The Balaban J connectivity index is 1.68. The average molecular weight is 431 g/mol. The molecule has 0 aromatic carbocycles. The molecule has 3 heteroatoms. The third kappa shape index (κ3) is 5.30. The quantitative estimate of drug-likeness (QED) is 0.407. The van der Waals surface area contributed by atoms with Crippen molar-refractivity contribution >= 4 is 0 Å². The van der Waals surface area contributed by atoms with E-state index in [4.69, 9.17) is 0 Å². The maximum Gasteiger partial charge on any atom is 0.128 e. The maximum absolute atomic E-state index is 14.0. The van der Waals surface area contributed by atoms with E-state index in [-0.39, 0.29) is 18.3 Å². The first kappa shape index (κ1) is 24.2. The highest BCUT2D eigenvalue weighted by atomic mass is 19.1. The Bertz CT molecular complexity index is 783. The summed E-state index contributed by atoms with van der Waals surface area (Å²) in [7, 11) is 0. The number of hydrogen-bond donors (Lipinski definition) is 1. The lowest BCUT2D eigenvalue weighted by molar-refractivity contribution is 0.0825. The summed E-state index contributed by atoms with van der Waals surface area (Å²) in [6, 6.07) is 0. The molecule has 0 aromatic rings. The van der Waals surface area contributed by atoms with Crippen molar-refractivity contribution in [3.8, 4) is 0 Å². The first-order chi connectivity index (χ1) is 14.7. The lowest BCUT2D eigenvalue weighted by atomic mass is 9.63. The lowest BCUT2D eigenvalue weighted by Crippen LogP contribution is -2.30. The van der Waals surface area contributed by atoms with Crippen molar-refractivity contribution in [3.63, 3.8) is 0 Å². The SMILES string of the molecule is C=C1/C(=C/C=C2/CCCC3(C)C(CC/C=C/C(O)(CC)CC)=CCC23)CC(F)CC1F. The third-order valence-electron chi connectivity index (χ3n) is 8.14. The van der Waals surface area contributed by atoms with Gasteiger partial charge in [0, 0.05) is 12.8 Å². The molecule has 3 rings (SSSR count). The van der Waals surface area contributed by atoms with Crippen LogP contribution in [-0.2, 0) is 0 Å². The molecule has 0 spiro atoms. The molecule has 2 fully saturated rings. The van der Waals surface area contributed by atoms with Crippen LogP contribution >= 0.6 is 0 Å². The Morgan fingerprint density at radius 1 is 1.26 bits per heavy atom. The number of fused-ring (bicyclic) bond motifs is 1. The minimum atomic E-state index is -1.25. The molecule has 2 saturated carbocycles. The second-order valence-corrected chi connectivity index (χ2v) is 10.0. The Hall–Kier alpha value is -1.48. The minimum absolute atomic E-state index is 0.0525. The first-order valence-electron chi connectivity index (χ1n) is 12.2. The van der Waals surface area contributed by atoms with Gasteiger partial charge in [0.25, 0.3) is 0 Å². The fourth-order valence-electron chi connectivity index (χ4n) is 5.72. The zero-order valence-corrected chi connectivity index (χ0v) is 19.6. The first-order valence-corrected chi connectivity index (χ1v) is 12.2. The zero-order valence-electron chi connectivity index (χ0n) is 19.6. The molecule has 31 heavy (non-hydrogen) atoms. The standard InChI is InChI=1S/C28H40F2O/c1-5-28(31,6-2)17-8-7-11-23-14-15-25-21(10-9-16-27(23,25)4)12-13-22-18-24(29)19-26(30)20(22)3/h8,12-14,17,24-26,31H,3,5-7,9-11,15-16,18-19H2,1-2,4H3/b17-8+,21-12-,22-13+. The largest absolute Gasteiger partial charge is 0.386 e. The molecule has 0 aromatic heterocycles. The number of rotatable bonds is 7. The van der Waals surface area contributed by atoms with Gasteiger partial charge >= 0.3 is 0 Å². The summed E-state index contributed by atoms with van der Waals surface area (Å²) in [4.78, 5) is 0. The van der Waals surface area contributed by atoms with E-state index in [1.807, 2.05) is 26.0 Å². The predicted molar refractivity (Wildman–Crippen MR) is 126 cm³/mol. The van der Waals surface area contributed by atoms with Gasteiger partial charge in [0.05, 0.1) is 5.60 Å². The van der Waals surface area contributed by atoms with Crippen molar-refractivity contribution in [3.05, 3.63) is 59.3 Å². The summed E-state index contributed by atoms with van der Waals surface area (Å²) in [6.07, 6.45) is 16.4. The molecule has 1 nitrogen and oxygen atoms in total. The molecule has 0 bridgehead atoms. The molecule has 0 amide bonds. The third-order valence-corrected chi connectivity index (χ3v) is 8.14. The van der Waals surface area contributed by atoms with Crippen molar-refractivity contribution in [1.82, 2.24) is 0 Å². The Labute approximate surface area is 187 Å². The zero-order chi connectivity index (χ0) is 22.6. The van der Waals surface area contributed by atoms with E-state index >= 15 is 0 Å². The molecule has 0 aliphatic heterocycles. The van der Waals surface area contributed by atoms with Gasteiger partial charge in [-0.3, -0.25) is 0 Å². The second kappa shape index (κ2) is 9.98. The van der Waals surface area contributed by atoms with Crippen LogP contribution in [0.2, 0.25) is 0 Å². The Kier molecular flexibility index (Phi) is 7.78. The van der Waals surface area contributed by atoms with Gasteiger partial charge in [-0.2, -0.15) is 0 Å². The fourth-order valence-corrected chi connectivity index (χ4v) is 5.72. The van der Waals surface area contributed by atoms with Gasteiger partial charge in [-0.05, 0) is 73.8 Å². The molecular weight excluding hydrogens is 390 g/mol. The van der Waals surface area contributed by atoms with Crippen LogP contribution in [0.3, 0.4) is 0 Å². The van der Waals surface area contributed by atoms with Gasteiger partial charge in [0.2, 0.25) is 0 Å².